The van der Waals surface area contributed by atoms with Crippen molar-refractivity contribution in [2.24, 2.45) is 0 Å². The number of rotatable bonds is 5. The predicted molar refractivity (Wildman–Crippen MR) is 85.9 cm³/mol. The summed E-state index contributed by atoms with van der Waals surface area (Å²) in [6, 6.07) is 6.45. The zero-order chi connectivity index (χ0) is 16.8. The minimum absolute atomic E-state index is 0.278. The van der Waals surface area contributed by atoms with Crippen molar-refractivity contribution in [1.82, 2.24) is 4.98 Å². The summed E-state index contributed by atoms with van der Waals surface area (Å²) in [5, 5.41) is 3.15. The molecule has 0 saturated heterocycles. The second kappa shape index (κ2) is 7.60. The fourth-order valence-electron chi connectivity index (χ4n) is 1.81. The fourth-order valence-corrected chi connectivity index (χ4v) is 1.97. The molecule has 0 saturated carbocycles. The zero-order valence-electron chi connectivity index (χ0n) is 12.6. The number of benzene rings is 1. The summed E-state index contributed by atoms with van der Waals surface area (Å²) < 4.78 is 10.1. The van der Waals surface area contributed by atoms with Crippen LogP contribution in [-0.4, -0.2) is 30.6 Å². The molecule has 1 N–H and O–H groups in total. The summed E-state index contributed by atoms with van der Waals surface area (Å²) in [6.45, 7) is 1.39. The molecule has 0 spiro atoms. The van der Waals surface area contributed by atoms with E-state index < -0.39 is 18.5 Å². The number of ether oxygens (including phenoxy) is 2. The van der Waals surface area contributed by atoms with Gasteiger partial charge < -0.3 is 14.8 Å². The van der Waals surface area contributed by atoms with Gasteiger partial charge in [-0.3, -0.25) is 9.78 Å². The van der Waals surface area contributed by atoms with E-state index in [2.05, 4.69) is 10.3 Å². The number of hydrogen-bond donors (Lipinski definition) is 1. The maximum atomic E-state index is 11.9. The van der Waals surface area contributed by atoms with Gasteiger partial charge in [0.2, 0.25) is 0 Å². The number of aromatic nitrogens is 1. The van der Waals surface area contributed by atoms with Crippen LogP contribution in [0.2, 0.25) is 5.02 Å². The Kier molecular flexibility index (Phi) is 5.54. The van der Waals surface area contributed by atoms with Crippen LogP contribution in [0.25, 0.3) is 0 Å². The summed E-state index contributed by atoms with van der Waals surface area (Å²) in [7, 11) is 1.47. The number of carbonyl (C=O) groups is 2. The minimum atomic E-state index is -0.618. The van der Waals surface area contributed by atoms with Gasteiger partial charge in [0.15, 0.2) is 6.61 Å². The van der Waals surface area contributed by atoms with Crippen molar-refractivity contribution in [2.75, 3.05) is 19.0 Å². The Labute approximate surface area is 138 Å². The second-order valence-corrected chi connectivity index (χ2v) is 5.07. The standard InChI is InChI=1S/C16H15ClN2O4/c1-10-6-13(14(22-2)7-12(10)17)19-15(20)9-23-16(21)11-4-3-5-18-8-11/h3-8H,9H2,1-2H3,(H,19,20). The van der Waals surface area contributed by atoms with E-state index in [0.29, 0.717) is 16.5 Å². The van der Waals surface area contributed by atoms with E-state index in [-0.39, 0.29) is 5.56 Å². The molecule has 120 valence electrons. The van der Waals surface area contributed by atoms with E-state index in [9.17, 15) is 9.59 Å². The molecular weight excluding hydrogens is 320 g/mol. The number of halogens is 1. The molecule has 0 fully saturated rings. The molecule has 23 heavy (non-hydrogen) atoms. The smallest absolute Gasteiger partial charge is 0.340 e. The summed E-state index contributed by atoms with van der Waals surface area (Å²) in [6.07, 6.45) is 2.91. The molecule has 2 rings (SSSR count). The number of esters is 1. The Morgan fingerprint density at radius 1 is 1.35 bits per heavy atom. The van der Waals surface area contributed by atoms with Crippen LogP contribution in [0.5, 0.6) is 5.75 Å². The monoisotopic (exact) mass is 334 g/mol. The van der Waals surface area contributed by atoms with Gasteiger partial charge in [0.05, 0.1) is 18.4 Å². The van der Waals surface area contributed by atoms with E-state index in [4.69, 9.17) is 21.1 Å². The molecule has 7 heteroatoms. The first-order valence-corrected chi connectivity index (χ1v) is 7.10. The molecule has 0 aliphatic carbocycles. The highest BCUT2D eigenvalue weighted by Gasteiger charge is 2.13. The Balaban J connectivity index is 1.98. The largest absolute Gasteiger partial charge is 0.495 e. The third-order valence-corrected chi connectivity index (χ3v) is 3.39. The lowest BCUT2D eigenvalue weighted by atomic mass is 10.2. The van der Waals surface area contributed by atoms with E-state index in [1.165, 1.54) is 13.3 Å². The maximum Gasteiger partial charge on any atom is 0.340 e. The van der Waals surface area contributed by atoms with Gasteiger partial charge in [-0.05, 0) is 30.7 Å². The van der Waals surface area contributed by atoms with E-state index in [1.54, 1.807) is 37.4 Å². The number of nitrogens with zero attached hydrogens (tertiary/aromatic N) is 1. The first-order valence-electron chi connectivity index (χ1n) is 6.72. The quantitative estimate of drug-likeness (QED) is 0.851. The van der Waals surface area contributed by atoms with Crippen molar-refractivity contribution in [3.8, 4) is 5.75 Å². The summed E-state index contributed by atoms with van der Waals surface area (Å²) in [4.78, 5) is 27.5. The number of aryl methyl sites for hydroxylation is 1. The topological polar surface area (TPSA) is 77.5 Å². The first-order chi connectivity index (χ1) is 11.0. The normalized spacial score (nSPS) is 10.0. The number of methoxy groups -OCH3 is 1. The van der Waals surface area contributed by atoms with Gasteiger partial charge in [0.25, 0.3) is 5.91 Å². The second-order valence-electron chi connectivity index (χ2n) is 4.67. The molecule has 6 nitrogen and oxygen atoms in total. The first kappa shape index (κ1) is 16.8. The van der Waals surface area contributed by atoms with Crippen LogP contribution in [0.4, 0.5) is 5.69 Å². The fraction of sp³-hybridized carbons (Fsp3) is 0.188. The van der Waals surface area contributed by atoms with Crippen molar-refractivity contribution in [2.45, 2.75) is 6.92 Å². The molecule has 1 aromatic heterocycles. The van der Waals surface area contributed by atoms with Crippen molar-refractivity contribution >= 4 is 29.2 Å². The van der Waals surface area contributed by atoms with Crippen molar-refractivity contribution in [3.63, 3.8) is 0 Å². The van der Waals surface area contributed by atoms with Crippen LogP contribution in [-0.2, 0) is 9.53 Å². The van der Waals surface area contributed by atoms with Crippen LogP contribution in [0, 0.1) is 6.92 Å². The SMILES string of the molecule is COc1cc(Cl)c(C)cc1NC(=O)COC(=O)c1cccnc1. The molecule has 1 aromatic carbocycles. The summed E-state index contributed by atoms with van der Waals surface area (Å²) in [5.41, 5.74) is 1.52. The van der Waals surface area contributed by atoms with Crippen molar-refractivity contribution < 1.29 is 19.1 Å². The zero-order valence-corrected chi connectivity index (χ0v) is 13.4. The number of carbonyl (C=O) groups excluding carboxylic acids is 2. The number of hydrogen-bond acceptors (Lipinski definition) is 5. The van der Waals surface area contributed by atoms with Crippen molar-refractivity contribution in [3.05, 3.63) is 52.8 Å². The molecular formula is C16H15ClN2O4. The van der Waals surface area contributed by atoms with E-state index in [0.717, 1.165) is 5.56 Å². The lowest BCUT2D eigenvalue weighted by molar-refractivity contribution is -0.119. The molecule has 0 bridgehead atoms. The third kappa shape index (κ3) is 4.43. The average Bonchev–Trinajstić information content (AvgIpc) is 2.56. The van der Waals surface area contributed by atoms with Crippen LogP contribution < -0.4 is 10.1 Å². The highest BCUT2D eigenvalue weighted by atomic mass is 35.5. The molecule has 0 aliphatic heterocycles. The van der Waals surface area contributed by atoms with Gasteiger partial charge in [0.1, 0.15) is 5.75 Å². The van der Waals surface area contributed by atoms with Crippen molar-refractivity contribution in [1.29, 1.82) is 0 Å². The van der Waals surface area contributed by atoms with Gasteiger partial charge in [-0.1, -0.05) is 11.6 Å². The van der Waals surface area contributed by atoms with Crippen LogP contribution >= 0.6 is 11.6 Å². The molecule has 0 atom stereocenters. The molecule has 0 radical (unpaired) electrons. The Morgan fingerprint density at radius 3 is 2.78 bits per heavy atom. The molecule has 0 unspecified atom stereocenters. The van der Waals surface area contributed by atoms with Crippen LogP contribution in [0.1, 0.15) is 15.9 Å². The van der Waals surface area contributed by atoms with E-state index >= 15 is 0 Å². The van der Waals surface area contributed by atoms with Gasteiger partial charge in [-0.15, -0.1) is 0 Å². The molecule has 1 amide bonds. The molecule has 1 heterocycles. The number of anilines is 1. The lowest BCUT2D eigenvalue weighted by Gasteiger charge is -2.12. The number of nitrogens with one attached hydrogen (secondary N) is 1. The minimum Gasteiger partial charge on any atom is -0.495 e. The van der Waals surface area contributed by atoms with Crippen LogP contribution in [0.3, 0.4) is 0 Å². The maximum absolute atomic E-state index is 11.9. The van der Waals surface area contributed by atoms with Gasteiger partial charge in [-0.2, -0.15) is 0 Å². The number of amides is 1. The molecule has 0 aliphatic rings. The average molecular weight is 335 g/mol. The lowest BCUT2D eigenvalue weighted by Crippen LogP contribution is -2.21. The summed E-state index contributed by atoms with van der Waals surface area (Å²) in [5.74, 6) is -0.678. The van der Waals surface area contributed by atoms with E-state index in [1.807, 2.05) is 0 Å². The predicted octanol–water partition coefficient (Wildman–Crippen LogP) is 2.85. The summed E-state index contributed by atoms with van der Waals surface area (Å²) >= 11 is 6.00. The van der Waals surface area contributed by atoms with Gasteiger partial charge in [0, 0.05) is 23.5 Å². The van der Waals surface area contributed by atoms with Gasteiger partial charge in [-0.25, -0.2) is 4.79 Å². The third-order valence-electron chi connectivity index (χ3n) is 2.99. The molecule has 2 aromatic rings. The Bertz CT molecular complexity index is 720. The highest BCUT2D eigenvalue weighted by Crippen LogP contribution is 2.30. The number of pyridine rings is 1. The highest BCUT2D eigenvalue weighted by molar-refractivity contribution is 6.31. The Hall–Kier alpha value is -2.60. The Morgan fingerprint density at radius 2 is 2.13 bits per heavy atom. The van der Waals surface area contributed by atoms with Gasteiger partial charge >= 0.3 is 5.97 Å². The van der Waals surface area contributed by atoms with Crippen LogP contribution in [0.15, 0.2) is 36.7 Å².